The van der Waals surface area contributed by atoms with Crippen LogP contribution in [0.4, 0.5) is 11.8 Å². The molecule has 194 valence electrons. The summed E-state index contributed by atoms with van der Waals surface area (Å²) in [6.07, 6.45) is -5.63. The Kier molecular flexibility index (Phi) is 7.97. The summed E-state index contributed by atoms with van der Waals surface area (Å²) in [5.74, 6) is -0.486. The van der Waals surface area contributed by atoms with E-state index in [9.17, 15) is 33.7 Å². The molecule has 1 fully saturated rings. The van der Waals surface area contributed by atoms with Gasteiger partial charge in [-0.3, -0.25) is 13.6 Å². The van der Waals surface area contributed by atoms with Crippen LogP contribution in [0.1, 0.15) is 6.23 Å². The van der Waals surface area contributed by atoms with Gasteiger partial charge in [-0.2, -0.15) is 8.62 Å². The number of hydrogen-bond acceptors (Lipinski definition) is 15. The number of azide groups is 1. The summed E-state index contributed by atoms with van der Waals surface area (Å²) in [5.41, 5.74) is 14.4. The number of anilines is 1. The number of fused-ring (bicyclic) bond motifs is 1. The van der Waals surface area contributed by atoms with E-state index in [1.54, 1.807) is 0 Å². The summed E-state index contributed by atoms with van der Waals surface area (Å²) in [5, 5.41) is 24.1. The van der Waals surface area contributed by atoms with Gasteiger partial charge in [-0.05, 0) is 10.6 Å². The van der Waals surface area contributed by atoms with Crippen molar-refractivity contribution in [3.05, 3.63) is 16.8 Å². The SMILES string of the molecule is COP(=O)(O)OP(=O)(O)OP(=O)(O)OCC1OC(n2c(N=[N+]=[N-])nc3c(N)ncnc32)C(O)C1O. The van der Waals surface area contributed by atoms with Gasteiger partial charge in [-0.15, -0.1) is 0 Å². The molecule has 0 amide bonds. The van der Waals surface area contributed by atoms with E-state index >= 15 is 0 Å². The molecule has 3 rings (SSSR count). The molecule has 0 aromatic carbocycles. The fourth-order valence-electron chi connectivity index (χ4n) is 2.84. The van der Waals surface area contributed by atoms with E-state index in [0.717, 1.165) is 10.9 Å². The van der Waals surface area contributed by atoms with Gasteiger partial charge in [0.15, 0.2) is 23.2 Å². The fraction of sp³-hybridized carbons (Fsp3) is 0.545. The molecule has 0 radical (unpaired) electrons. The van der Waals surface area contributed by atoms with Crippen LogP contribution in [-0.2, 0) is 36.1 Å². The van der Waals surface area contributed by atoms with Gasteiger partial charge in [0.2, 0.25) is 5.95 Å². The van der Waals surface area contributed by atoms with E-state index in [1.165, 1.54) is 0 Å². The van der Waals surface area contributed by atoms with Crippen molar-refractivity contribution in [3.8, 4) is 0 Å². The van der Waals surface area contributed by atoms with E-state index in [1.807, 2.05) is 0 Å². The standard InChI is InChI=1S/C11H17N8O13P3/c1-28-33(22,23)31-35(26,27)32-34(24,25)29-2-4-6(20)7(21)10(30-4)19-9-5(8(12)14-3-15-9)16-11(19)17-18-13/h3-4,6-7,10,20-21H,2H2,1H3,(H,22,23)(H,24,25)(H,26,27)(H2,12,14,15). The van der Waals surface area contributed by atoms with Crippen molar-refractivity contribution < 1.29 is 61.0 Å². The van der Waals surface area contributed by atoms with Crippen LogP contribution in [0, 0.1) is 0 Å². The second-order valence-electron chi connectivity index (χ2n) is 6.50. The van der Waals surface area contributed by atoms with Crippen molar-refractivity contribution in [2.75, 3.05) is 19.5 Å². The van der Waals surface area contributed by atoms with E-state index < -0.39 is 54.6 Å². The second-order valence-corrected chi connectivity index (χ2v) is 11.2. The lowest BCUT2D eigenvalue weighted by atomic mass is 10.1. The molecule has 35 heavy (non-hydrogen) atoms. The molecular weight excluding hydrogens is 545 g/mol. The Hall–Kier alpha value is -2.05. The maximum Gasteiger partial charge on any atom is 0.490 e. The third-order valence-electron chi connectivity index (χ3n) is 4.26. The molecule has 0 bridgehead atoms. The predicted molar refractivity (Wildman–Crippen MR) is 109 cm³/mol. The maximum absolute atomic E-state index is 12.0. The topological polar surface area (TPSA) is 317 Å². The average molecular weight is 562 g/mol. The number of aromatic nitrogens is 4. The molecule has 2 aromatic heterocycles. The van der Waals surface area contributed by atoms with Crippen molar-refractivity contribution in [3.63, 3.8) is 0 Å². The van der Waals surface area contributed by atoms with E-state index in [4.69, 9.17) is 20.9 Å². The van der Waals surface area contributed by atoms with Crippen LogP contribution in [0.15, 0.2) is 11.4 Å². The zero-order chi connectivity index (χ0) is 26.2. The first-order chi connectivity index (χ1) is 16.2. The molecule has 7 unspecified atom stereocenters. The molecule has 24 heteroatoms. The monoisotopic (exact) mass is 562 g/mol. The first-order valence-corrected chi connectivity index (χ1v) is 13.4. The first-order valence-electron chi connectivity index (χ1n) is 8.86. The lowest BCUT2D eigenvalue weighted by Crippen LogP contribution is -2.33. The second kappa shape index (κ2) is 10.1. The number of aliphatic hydroxyl groups is 2. The zero-order valence-corrected chi connectivity index (χ0v) is 19.8. The van der Waals surface area contributed by atoms with Gasteiger partial charge in [-0.25, -0.2) is 28.6 Å². The highest BCUT2D eigenvalue weighted by Gasteiger charge is 2.47. The summed E-state index contributed by atoms with van der Waals surface area (Å²) in [4.78, 5) is 42.3. The van der Waals surface area contributed by atoms with Gasteiger partial charge in [0, 0.05) is 12.0 Å². The number of nitrogen functional groups attached to an aromatic ring is 1. The van der Waals surface area contributed by atoms with Gasteiger partial charge in [-0.1, -0.05) is 0 Å². The maximum atomic E-state index is 12.0. The zero-order valence-electron chi connectivity index (χ0n) is 17.1. The Bertz CT molecular complexity index is 1300. The molecule has 7 N–H and O–H groups in total. The van der Waals surface area contributed by atoms with E-state index in [-0.39, 0.29) is 22.9 Å². The van der Waals surface area contributed by atoms with Crippen LogP contribution in [0.3, 0.4) is 0 Å². The minimum absolute atomic E-state index is 0.0240. The molecule has 7 atom stereocenters. The summed E-state index contributed by atoms with van der Waals surface area (Å²) in [7, 11) is -15.6. The molecule has 1 saturated heterocycles. The minimum atomic E-state index is -5.65. The fourth-order valence-corrected chi connectivity index (χ4v) is 6.10. The predicted octanol–water partition coefficient (Wildman–Crippen LogP) is -0.0331. The number of aliphatic hydroxyl groups excluding tert-OH is 2. The largest absolute Gasteiger partial charge is 0.490 e. The summed E-state index contributed by atoms with van der Waals surface area (Å²) < 4.78 is 57.3. The van der Waals surface area contributed by atoms with Crippen molar-refractivity contribution in [2.24, 2.45) is 5.11 Å². The number of hydrogen-bond donors (Lipinski definition) is 6. The average Bonchev–Trinajstić information content (AvgIpc) is 3.23. The number of phosphoric ester groups is 2. The van der Waals surface area contributed by atoms with Gasteiger partial charge in [0.05, 0.1) is 6.61 Å². The van der Waals surface area contributed by atoms with Gasteiger partial charge < -0.3 is 35.4 Å². The van der Waals surface area contributed by atoms with Crippen molar-refractivity contribution >= 4 is 46.4 Å². The molecule has 0 saturated carbocycles. The Balaban J connectivity index is 1.78. The Morgan fingerprint density at radius 3 is 2.46 bits per heavy atom. The molecule has 0 spiro atoms. The normalized spacial score (nSPS) is 27.6. The van der Waals surface area contributed by atoms with Crippen LogP contribution >= 0.6 is 23.5 Å². The van der Waals surface area contributed by atoms with Crippen LogP contribution in [0.25, 0.3) is 21.6 Å². The van der Waals surface area contributed by atoms with Crippen LogP contribution < -0.4 is 5.73 Å². The van der Waals surface area contributed by atoms with Gasteiger partial charge in [0.1, 0.15) is 24.6 Å². The van der Waals surface area contributed by atoms with Crippen molar-refractivity contribution in [1.29, 1.82) is 0 Å². The molecular formula is C11H17N8O13P3. The van der Waals surface area contributed by atoms with Crippen molar-refractivity contribution in [1.82, 2.24) is 19.5 Å². The van der Waals surface area contributed by atoms with Gasteiger partial charge >= 0.3 is 23.5 Å². The summed E-state index contributed by atoms with van der Waals surface area (Å²) in [6.45, 7) is -1.02. The Morgan fingerprint density at radius 2 is 1.83 bits per heavy atom. The number of phosphoric acid groups is 3. The van der Waals surface area contributed by atoms with Crippen molar-refractivity contribution in [2.45, 2.75) is 24.5 Å². The number of imidazole rings is 1. The van der Waals surface area contributed by atoms with Gasteiger partial charge in [0.25, 0.3) is 0 Å². The van der Waals surface area contributed by atoms with Crippen LogP contribution in [0.5, 0.6) is 0 Å². The first kappa shape index (κ1) is 27.5. The lowest BCUT2D eigenvalue weighted by molar-refractivity contribution is -0.0495. The molecule has 1 aliphatic heterocycles. The third-order valence-corrected chi connectivity index (χ3v) is 8.50. The molecule has 3 heterocycles. The third kappa shape index (κ3) is 6.21. The van der Waals surface area contributed by atoms with E-state index in [2.05, 4.69) is 42.6 Å². The highest BCUT2D eigenvalue weighted by atomic mass is 31.3. The molecule has 21 nitrogen and oxygen atoms in total. The molecule has 2 aromatic rings. The number of rotatable bonds is 10. The smallest absolute Gasteiger partial charge is 0.387 e. The lowest BCUT2D eigenvalue weighted by Gasteiger charge is -2.19. The number of ether oxygens (including phenoxy) is 1. The highest BCUT2D eigenvalue weighted by Crippen LogP contribution is 2.67. The summed E-state index contributed by atoms with van der Waals surface area (Å²) >= 11 is 0. The number of nitrogens with zero attached hydrogens (tertiary/aromatic N) is 7. The highest BCUT2D eigenvalue weighted by molar-refractivity contribution is 7.66. The molecule has 0 aliphatic carbocycles. The Labute approximate surface area is 193 Å². The van der Waals surface area contributed by atoms with Crippen LogP contribution in [-0.4, -0.2) is 76.4 Å². The minimum Gasteiger partial charge on any atom is -0.387 e. The Morgan fingerprint density at radius 1 is 1.17 bits per heavy atom. The van der Waals surface area contributed by atoms with E-state index in [0.29, 0.717) is 7.11 Å². The quantitative estimate of drug-likeness (QED) is 0.0957. The van der Waals surface area contributed by atoms with Crippen LogP contribution in [0.2, 0.25) is 0 Å². The number of nitrogens with two attached hydrogens (primary N) is 1. The summed E-state index contributed by atoms with van der Waals surface area (Å²) in [6, 6.07) is 0. The molecule has 1 aliphatic rings.